The molecular weight excluding hydrogens is 322 g/mol. The lowest BCUT2D eigenvalue weighted by Gasteiger charge is -2.29. The highest BCUT2D eigenvalue weighted by Crippen LogP contribution is 2.33. The van der Waals surface area contributed by atoms with Crippen LogP contribution in [0.25, 0.3) is 0 Å². The lowest BCUT2D eigenvalue weighted by Crippen LogP contribution is -2.39. The molecule has 0 saturated heterocycles. The maximum absolute atomic E-state index is 13.0. The first kappa shape index (κ1) is 15.5. The van der Waals surface area contributed by atoms with Gasteiger partial charge in [-0.1, -0.05) is 25.0 Å². The molecule has 1 fully saturated rings. The van der Waals surface area contributed by atoms with Crippen molar-refractivity contribution < 1.29 is 14.3 Å². The van der Waals surface area contributed by atoms with Crippen molar-refractivity contribution in [3.05, 3.63) is 46.2 Å². The van der Waals surface area contributed by atoms with Crippen molar-refractivity contribution >= 4 is 17.2 Å². The van der Waals surface area contributed by atoms with E-state index in [1.165, 1.54) is 17.7 Å². The van der Waals surface area contributed by atoms with Gasteiger partial charge < -0.3 is 14.4 Å². The fourth-order valence-corrected chi connectivity index (χ4v) is 4.24. The SMILES string of the molecule is O=C(Cc1ccc2c(c1)OCO2)N(Cc1cccs1)C1CCCC1. The van der Waals surface area contributed by atoms with Crippen LogP contribution in [0, 0.1) is 0 Å². The van der Waals surface area contributed by atoms with E-state index in [0.29, 0.717) is 12.5 Å². The summed E-state index contributed by atoms with van der Waals surface area (Å²) in [6.45, 7) is 0.991. The van der Waals surface area contributed by atoms with Gasteiger partial charge >= 0.3 is 0 Å². The van der Waals surface area contributed by atoms with Crippen LogP contribution in [0.2, 0.25) is 0 Å². The molecule has 0 atom stereocenters. The molecule has 126 valence electrons. The van der Waals surface area contributed by atoms with Crippen molar-refractivity contribution in [2.45, 2.75) is 44.7 Å². The summed E-state index contributed by atoms with van der Waals surface area (Å²) in [5, 5.41) is 2.07. The van der Waals surface area contributed by atoms with E-state index in [1.807, 2.05) is 18.2 Å². The van der Waals surface area contributed by atoms with Gasteiger partial charge in [-0.3, -0.25) is 4.79 Å². The third-order valence-electron chi connectivity index (χ3n) is 4.78. The van der Waals surface area contributed by atoms with E-state index in [0.717, 1.165) is 36.4 Å². The number of hydrogen-bond donors (Lipinski definition) is 0. The second-order valence-electron chi connectivity index (χ2n) is 6.40. The van der Waals surface area contributed by atoms with E-state index < -0.39 is 0 Å². The average Bonchev–Trinajstić information content (AvgIpc) is 3.33. The van der Waals surface area contributed by atoms with Crippen LogP contribution in [0.4, 0.5) is 0 Å². The van der Waals surface area contributed by atoms with Crippen LogP contribution in [-0.4, -0.2) is 23.6 Å². The molecule has 5 heteroatoms. The van der Waals surface area contributed by atoms with E-state index >= 15 is 0 Å². The van der Waals surface area contributed by atoms with Crippen molar-refractivity contribution in [3.63, 3.8) is 0 Å². The third-order valence-corrected chi connectivity index (χ3v) is 5.65. The zero-order valence-corrected chi connectivity index (χ0v) is 14.4. The first-order valence-corrected chi connectivity index (χ1v) is 9.38. The number of carbonyl (C=O) groups is 1. The standard InChI is InChI=1S/C19H21NO3S/c21-19(11-14-7-8-17-18(10-14)23-13-22-17)20(15-4-1-2-5-15)12-16-6-3-9-24-16/h3,6-10,15H,1-2,4-5,11-13H2. The number of carbonyl (C=O) groups excluding carboxylic acids is 1. The van der Waals surface area contributed by atoms with Crippen LogP contribution in [0.5, 0.6) is 11.5 Å². The Hall–Kier alpha value is -2.01. The molecule has 24 heavy (non-hydrogen) atoms. The molecule has 0 unspecified atom stereocenters. The van der Waals surface area contributed by atoms with Gasteiger partial charge in [-0.2, -0.15) is 0 Å². The van der Waals surface area contributed by atoms with Gasteiger partial charge in [-0.05, 0) is 42.0 Å². The van der Waals surface area contributed by atoms with Gasteiger partial charge in [0.2, 0.25) is 12.7 Å². The zero-order valence-electron chi connectivity index (χ0n) is 13.6. The fraction of sp³-hybridized carbons (Fsp3) is 0.421. The highest BCUT2D eigenvalue weighted by atomic mass is 32.1. The topological polar surface area (TPSA) is 38.8 Å². The Bertz CT molecular complexity index is 707. The molecule has 2 heterocycles. The van der Waals surface area contributed by atoms with Crippen molar-refractivity contribution in [1.29, 1.82) is 0 Å². The predicted molar refractivity (Wildman–Crippen MR) is 93.4 cm³/mol. The molecule has 0 bridgehead atoms. The maximum atomic E-state index is 13.0. The minimum Gasteiger partial charge on any atom is -0.454 e. The van der Waals surface area contributed by atoms with Crippen LogP contribution in [0.3, 0.4) is 0 Å². The van der Waals surface area contributed by atoms with E-state index in [4.69, 9.17) is 9.47 Å². The second-order valence-corrected chi connectivity index (χ2v) is 7.44. The number of rotatable bonds is 5. The minimum atomic E-state index is 0.203. The maximum Gasteiger partial charge on any atom is 0.231 e. The summed E-state index contributed by atoms with van der Waals surface area (Å²) in [4.78, 5) is 16.3. The molecule has 1 amide bonds. The predicted octanol–water partition coefficient (Wildman–Crippen LogP) is 3.99. The first-order chi connectivity index (χ1) is 11.8. The molecule has 2 aliphatic rings. The van der Waals surface area contributed by atoms with Gasteiger partial charge in [0.15, 0.2) is 11.5 Å². The van der Waals surface area contributed by atoms with Crippen LogP contribution in [0.1, 0.15) is 36.1 Å². The largest absolute Gasteiger partial charge is 0.454 e. The van der Waals surface area contributed by atoms with Gasteiger partial charge in [-0.25, -0.2) is 0 Å². The Morgan fingerprint density at radius 2 is 2.00 bits per heavy atom. The van der Waals surface area contributed by atoms with Gasteiger partial charge in [0.05, 0.1) is 13.0 Å². The van der Waals surface area contributed by atoms with Crippen molar-refractivity contribution in [2.24, 2.45) is 0 Å². The lowest BCUT2D eigenvalue weighted by molar-refractivity contribution is -0.133. The summed E-state index contributed by atoms with van der Waals surface area (Å²) < 4.78 is 10.8. The lowest BCUT2D eigenvalue weighted by atomic mass is 10.1. The zero-order chi connectivity index (χ0) is 16.4. The van der Waals surface area contributed by atoms with Crippen molar-refractivity contribution in [2.75, 3.05) is 6.79 Å². The first-order valence-electron chi connectivity index (χ1n) is 8.50. The molecule has 1 aliphatic heterocycles. The van der Waals surface area contributed by atoms with E-state index in [9.17, 15) is 4.79 Å². The number of hydrogen-bond acceptors (Lipinski definition) is 4. The summed E-state index contributed by atoms with van der Waals surface area (Å²) in [5.74, 6) is 1.71. The molecule has 1 aliphatic carbocycles. The molecule has 4 rings (SSSR count). The Balaban J connectivity index is 1.50. The number of fused-ring (bicyclic) bond motifs is 1. The Kier molecular flexibility index (Phi) is 4.43. The Morgan fingerprint density at radius 1 is 1.17 bits per heavy atom. The van der Waals surface area contributed by atoms with Crippen molar-refractivity contribution in [1.82, 2.24) is 4.90 Å². The van der Waals surface area contributed by atoms with Gasteiger partial charge in [-0.15, -0.1) is 11.3 Å². The normalized spacial score (nSPS) is 16.5. The van der Waals surface area contributed by atoms with Crippen LogP contribution < -0.4 is 9.47 Å². The summed E-state index contributed by atoms with van der Waals surface area (Å²) in [6, 6.07) is 10.3. The number of ether oxygens (including phenoxy) is 2. The molecule has 0 spiro atoms. The Morgan fingerprint density at radius 3 is 2.79 bits per heavy atom. The molecule has 1 saturated carbocycles. The summed E-state index contributed by atoms with van der Waals surface area (Å²) in [6.07, 6.45) is 5.11. The van der Waals surface area contributed by atoms with Crippen molar-refractivity contribution in [3.8, 4) is 11.5 Å². The van der Waals surface area contributed by atoms with Crippen LogP contribution >= 0.6 is 11.3 Å². The molecule has 0 radical (unpaired) electrons. The fourth-order valence-electron chi connectivity index (χ4n) is 3.53. The number of nitrogens with zero attached hydrogens (tertiary/aromatic N) is 1. The quantitative estimate of drug-likeness (QED) is 0.824. The number of amides is 1. The molecule has 0 N–H and O–H groups in total. The van der Waals surface area contributed by atoms with E-state index in [1.54, 1.807) is 11.3 Å². The molecule has 1 aromatic carbocycles. The Labute approximate surface area is 146 Å². The van der Waals surface area contributed by atoms with Gasteiger partial charge in [0, 0.05) is 10.9 Å². The van der Waals surface area contributed by atoms with E-state index in [2.05, 4.69) is 22.4 Å². The highest BCUT2D eigenvalue weighted by molar-refractivity contribution is 7.09. The molecular formula is C19H21NO3S. The highest BCUT2D eigenvalue weighted by Gasteiger charge is 2.27. The second kappa shape index (κ2) is 6.85. The summed E-state index contributed by atoms with van der Waals surface area (Å²) in [7, 11) is 0. The van der Waals surface area contributed by atoms with Crippen LogP contribution in [-0.2, 0) is 17.8 Å². The van der Waals surface area contributed by atoms with E-state index in [-0.39, 0.29) is 12.7 Å². The number of thiophene rings is 1. The monoisotopic (exact) mass is 343 g/mol. The van der Waals surface area contributed by atoms with Crippen LogP contribution in [0.15, 0.2) is 35.7 Å². The minimum absolute atomic E-state index is 0.203. The smallest absolute Gasteiger partial charge is 0.231 e. The molecule has 4 nitrogen and oxygen atoms in total. The van der Waals surface area contributed by atoms with Gasteiger partial charge in [0.25, 0.3) is 0 Å². The number of benzene rings is 1. The van der Waals surface area contributed by atoms with Gasteiger partial charge in [0.1, 0.15) is 0 Å². The summed E-state index contributed by atoms with van der Waals surface area (Å²) >= 11 is 1.72. The summed E-state index contributed by atoms with van der Waals surface area (Å²) in [5.41, 5.74) is 0.985. The molecule has 1 aromatic heterocycles. The third kappa shape index (κ3) is 3.26. The molecule has 2 aromatic rings. The average molecular weight is 343 g/mol.